The van der Waals surface area contributed by atoms with Crippen molar-refractivity contribution in [2.24, 2.45) is 0 Å². The lowest BCUT2D eigenvalue weighted by Gasteiger charge is -2.31. The third kappa shape index (κ3) is 6.29. The molecular formula is C27H27N5O4S. The second-order valence-corrected chi connectivity index (χ2v) is 9.38. The van der Waals surface area contributed by atoms with E-state index in [0.717, 1.165) is 30.8 Å². The Kier molecular flexibility index (Phi) is 7.99. The van der Waals surface area contributed by atoms with Gasteiger partial charge in [0, 0.05) is 43.2 Å². The van der Waals surface area contributed by atoms with Crippen LogP contribution in [-0.4, -0.2) is 65.9 Å². The molecule has 190 valence electrons. The van der Waals surface area contributed by atoms with Gasteiger partial charge in [0.25, 0.3) is 5.91 Å². The third-order valence-electron chi connectivity index (χ3n) is 5.97. The van der Waals surface area contributed by atoms with E-state index in [-0.39, 0.29) is 12.0 Å². The number of aromatic nitrogens is 3. The van der Waals surface area contributed by atoms with Crippen molar-refractivity contribution in [3.8, 4) is 22.1 Å². The van der Waals surface area contributed by atoms with Crippen LogP contribution in [0, 0.1) is 0 Å². The molecule has 0 radical (unpaired) electrons. The summed E-state index contributed by atoms with van der Waals surface area (Å²) in [4.78, 5) is 19.3. The summed E-state index contributed by atoms with van der Waals surface area (Å²) in [6.45, 7) is 3.87. The number of hydrogen-bond donors (Lipinski definition) is 1. The summed E-state index contributed by atoms with van der Waals surface area (Å²) in [6, 6.07) is 19.0. The van der Waals surface area contributed by atoms with E-state index in [0.29, 0.717) is 40.4 Å². The molecule has 10 heteroatoms. The van der Waals surface area contributed by atoms with E-state index >= 15 is 0 Å². The number of hydrogen-bond acceptors (Lipinski definition) is 9. The van der Waals surface area contributed by atoms with E-state index in [1.165, 1.54) is 11.3 Å². The molecule has 1 amide bonds. The summed E-state index contributed by atoms with van der Waals surface area (Å²) in [5, 5.41) is 12.2. The smallest absolute Gasteiger partial charge is 0.257 e. The number of nitrogens with one attached hydrogen (secondary N) is 1. The summed E-state index contributed by atoms with van der Waals surface area (Å²) < 4.78 is 17.6. The minimum absolute atomic E-state index is 0.208. The molecule has 0 unspecified atom stereocenters. The van der Waals surface area contributed by atoms with Crippen LogP contribution in [-0.2, 0) is 4.74 Å². The van der Waals surface area contributed by atoms with E-state index in [1.54, 1.807) is 37.7 Å². The Morgan fingerprint density at radius 1 is 1.05 bits per heavy atom. The average molecular weight is 518 g/mol. The maximum Gasteiger partial charge on any atom is 0.257 e. The highest BCUT2D eigenvalue weighted by Crippen LogP contribution is 2.33. The molecule has 1 aliphatic heterocycles. The molecule has 0 aliphatic carbocycles. The summed E-state index contributed by atoms with van der Waals surface area (Å²) in [5.74, 6) is 0.734. The SMILES string of the molecule is COc1cc(C(=O)Nc2nnc(-c3ccncc3)s2)ccc1O[C@@H](CN1CCOCC1)c1ccccc1. The quantitative estimate of drug-likeness (QED) is 0.351. The molecule has 0 spiro atoms. The number of nitrogens with zero attached hydrogens (tertiary/aromatic N) is 4. The fourth-order valence-corrected chi connectivity index (χ4v) is 4.75. The van der Waals surface area contributed by atoms with Gasteiger partial charge in [-0.2, -0.15) is 0 Å². The van der Waals surface area contributed by atoms with Crippen molar-refractivity contribution in [1.29, 1.82) is 0 Å². The topological polar surface area (TPSA) is 98.7 Å². The first-order valence-corrected chi connectivity index (χ1v) is 12.8. The highest BCUT2D eigenvalue weighted by atomic mass is 32.1. The minimum Gasteiger partial charge on any atom is -0.493 e. The fourth-order valence-electron chi connectivity index (χ4n) is 4.01. The number of rotatable bonds is 9. The molecule has 37 heavy (non-hydrogen) atoms. The zero-order valence-corrected chi connectivity index (χ0v) is 21.2. The molecule has 2 aromatic heterocycles. The highest BCUT2D eigenvalue weighted by molar-refractivity contribution is 7.18. The van der Waals surface area contributed by atoms with Gasteiger partial charge in [-0.25, -0.2) is 0 Å². The Morgan fingerprint density at radius 2 is 1.84 bits per heavy atom. The Hall–Kier alpha value is -3.86. The van der Waals surface area contributed by atoms with Gasteiger partial charge in [0.15, 0.2) is 11.5 Å². The van der Waals surface area contributed by atoms with Crippen LogP contribution in [0.3, 0.4) is 0 Å². The van der Waals surface area contributed by atoms with Gasteiger partial charge in [0.2, 0.25) is 5.13 Å². The molecule has 1 saturated heterocycles. The molecule has 1 N–H and O–H groups in total. The van der Waals surface area contributed by atoms with Gasteiger partial charge in [-0.3, -0.25) is 20.0 Å². The van der Waals surface area contributed by atoms with Crippen LogP contribution in [0.2, 0.25) is 0 Å². The second-order valence-electron chi connectivity index (χ2n) is 8.40. The predicted molar refractivity (Wildman–Crippen MR) is 141 cm³/mol. The van der Waals surface area contributed by atoms with Crippen molar-refractivity contribution in [2.45, 2.75) is 6.10 Å². The molecule has 1 aliphatic rings. The standard InChI is InChI=1S/C27H27N5O4S/c1-34-23-17-21(25(33)29-27-31-30-26(37-27)20-9-11-28-12-10-20)7-8-22(23)36-24(19-5-3-2-4-6-19)18-32-13-15-35-16-14-32/h2-12,17,24H,13-16,18H2,1H3,(H,29,31,33)/t24-/m0/s1. The fraction of sp³-hybridized carbons (Fsp3) is 0.259. The predicted octanol–water partition coefficient (Wildman–Crippen LogP) is 4.31. The average Bonchev–Trinajstić information content (AvgIpc) is 3.43. The highest BCUT2D eigenvalue weighted by Gasteiger charge is 2.22. The summed E-state index contributed by atoms with van der Waals surface area (Å²) in [7, 11) is 1.56. The zero-order valence-electron chi connectivity index (χ0n) is 20.4. The van der Waals surface area contributed by atoms with Crippen LogP contribution >= 0.6 is 11.3 Å². The molecule has 9 nitrogen and oxygen atoms in total. The monoisotopic (exact) mass is 517 g/mol. The maximum absolute atomic E-state index is 12.9. The number of morpholine rings is 1. The molecule has 0 saturated carbocycles. The van der Waals surface area contributed by atoms with Gasteiger partial charge >= 0.3 is 0 Å². The van der Waals surface area contributed by atoms with Crippen LogP contribution in [0.25, 0.3) is 10.6 Å². The first-order chi connectivity index (χ1) is 18.2. The van der Waals surface area contributed by atoms with Crippen LogP contribution in [0.1, 0.15) is 22.0 Å². The van der Waals surface area contributed by atoms with Gasteiger partial charge in [-0.05, 0) is 35.9 Å². The Bertz CT molecular complexity index is 1310. The maximum atomic E-state index is 12.9. The zero-order chi connectivity index (χ0) is 25.5. The Morgan fingerprint density at radius 3 is 2.59 bits per heavy atom. The number of amides is 1. The van der Waals surface area contributed by atoms with E-state index in [1.807, 2.05) is 30.3 Å². The van der Waals surface area contributed by atoms with Gasteiger partial charge < -0.3 is 14.2 Å². The number of carbonyl (C=O) groups excluding carboxylic acids is 1. The number of ether oxygens (including phenoxy) is 3. The molecule has 0 bridgehead atoms. The molecule has 2 aromatic carbocycles. The van der Waals surface area contributed by atoms with Crippen molar-refractivity contribution < 1.29 is 19.0 Å². The summed E-state index contributed by atoms with van der Waals surface area (Å²) in [5.41, 5.74) is 2.38. The van der Waals surface area contributed by atoms with Crippen molar-refractivity contribution in [2.75, 3.05) is 45.3 Å². The van der Waals surface area contributed by atoms with Crippen LogP contribution in [0.15, 0.2) is 73.1 Å². The minimum atomic E-state index is -0.310. The Balaban J connectivity index is 1.31. The van der Waals surface area contributed by atoms with E-state index in [4.69, 9.17) is 14.2 Å². The van der Waals surface area contributed by atoms with Crippen LogP contribution in [0.4, 0.5) is 5.13 Å². The molecule has 4 aromatic rings. The van der Waals surface area contributed by atoms with Gasteiger partial charge in [0.05, 0.1) is 20.3 Å². The molecule has 5 rings (SSSR count). The molecular weight excluding hydrogens is 490 g/mol. The second kappa shape index (κ2) is 11.9. The normalized spacial score (nSPS) is 14.6. The third-order valence-corrected chi connectivity index (χ3v) is 6.85. The van der Waals surface area contributed by atoms with Gasteiger partial charge in [-0.15, -0.1) is 10.2 Å². The lowest BCUT2D eigenvalue weighted by molar-refractivity contribution is 0.0185. The van der Waals surface area contributed by atoms with Crippen LogP contribution in [0.5, 0.6) is 11.5 Å². The lowest BCUT2D eigenvalue weighted by Crippen LogP contribution is -2.39. The number of methoxy groups -OCH3 is 1. The van der Waals surface area contributed by atoms with Crippen LogP contribution < -0.4 is 14.8 Å². The first kappa shape index (κ1) is 24.8. The number of carbonyl (C=O) groups is 1. The summed E-state index contributed by atoms with van der Waals surface area (Å²) in [6.07, 6.45) is 3.17. The van der Waals surface area contributed by atoms with Gasteiger partial charge in [-0.1, -0.05) is 41.7 Å². The van der Waals surface area contributed by atoms with E-state index in [9.17, 15) is 4.79 Å². The van der Waals surface area contributed by atoms with Crippen molar-refractivity contribution >= 4 is 22.4 Å². The molecule has 1 atom stereocenters. The van der Waals surface area contributed by atoms with Crippen molar-refractivity contribution in [3.63, 3.8) is 0 Å². The Labute approximate surface area is 219 Å². The van der Waals surface area contributed by atoms with Crippen molar-refractivity contribution in [3.05, 3.63) is 84.2 Å². The number of pyridine rings is 1. The lowest BCUT2D eigenvalue weighted by atomic mass is 10.1. The molecule has 1 fully saturated rings. The van der Waals surface area contributed by atoms with E-state index < -0.39 is 0 Å². The number of benzene rings is 2. The largest absolute Gasteiger partial charge is 0.493 e. The van der Waals surface area contributed by atoms with Gasteiger partial charge in [0.1, 0.15) is 11.1 Å². The molecule has 3 heterocycles. The summed E-state index contributed by atoms with van der Waals surface area (Å²) >= 11 is 1.29. The van der Waals surface area contributed by atoms with Crippen molar-refractivity contribution in [1.82, 2.24) is 20.1 Å². The number of anilines is 1. The first-order valence-electron chi connectivity index (χ1n) is 11.9. The van der Waals surface area contributed by atoms with E-state index in [2.05, 4.69) is 37.5 Å².